The second-order valence-electron chi connectivity index (χ2n) is 6.93. The summed E-state index contributed by atoms with van der Waals surface area (Å²) < 4.78 is -0.0774. The van der Waals surface area contributed by atoms with Crippen molar-refractivity contribution in [1.29, 1.82) is 0 Å². The summed E-state index contributed by atoms with van der Waals surface area (Å²) in [5, 5.41) is 0. The van der Waals surface area contributed by atoms with Crippen LogP contribution in [0.4, 0.5) is 0 Å². The lowest BCUT2D eigenvalue weighted by atomic mass is 9.87. The monoisotopic (exact) mass is 394 g/mol. The van der Waals surface area contributed by atoms with E-state index >= 15 is 0 Å². The van der Waals surface area contributed by atoms with Gasteiger partial charge >= 0.3 is 0 Å². The van der Waals surface area contributed by atoms with E-state index < -0.39 is 0 Å². The number of aryl methyl sites for hydroxylation is 1. The number of alkyl halides is 1. The third-order valence-corrected chi connectivity index (χ3v) is 6.05. The van der Waals surface area contributed by atoms with Crippen molar-refractivity contribution in [2.24, 2.45) is 0 Å². The molecule has 1 aliphatic carbocycles. The topological polar surface area (TPSA) is 0 Å². The van der Waals surface area contributed by atoms with E-state index in [0.29, 0.717) is 0 Å². The maximum Gasteiger partial charge on any atom is 0.0723 e. The third kappa shape index (κ3) is 4.73. The van der Waals surface area contributed by atoms with E-state index in [1.165, 1.54) is 54.4 Å². The van der Waals surface area contributed by atoms with Gasteiger partial charge in [0.05, 0.1) is 4.32 Å². The Morgan fingerprint density at radius 3 is 2.32 bits per heavy atom. The standard InChI is InChI=1S/C24H27Br/c1-2-3-4-6-9-20-12-14-23(15-13-20)24(25)18-16-22(17-19-24)21-10-7-5-8-11-21/h5,7-8,10-18H,2-4,6,9,19H2,1H3. The first-order chi connectivity index (χ1) is 12.2. The average Bonchev–Trinajstić information content (AvgIpc) is 2.67. The highest BCUT2D eigenvalue weighted by atomic mass is 79.9. The summed E-state index contributed by atoms with van der Waals surface area (Å²) in [5.74, 6) is 0. The zero-order valence-electron chi connectivity index (χ0n) is 15.0. The van der Waals surface area contributed by atoms with Gasteiger partial charge in [0.1, 0.15) is 0 Å². The maximum absolute atomic E-state index is 3.97. The molecule has 0 radical (unpaired) electrons. The van der Waals surface area contributed by atoms with Crippen molar-refractivity contribution in [2.45, 2.75) is 49.8 Å². The molecule has 0 saturated heterocycles. The van der Waals surface area contributed by atoms with Gasteiger partial charge in [0.25, 0.3) is 0 Å². The minimum Gasteiger partial charge on any atom is -0.0752 e. The molecule has 25 heavy (non-hydrogen) atoms. The molecule has 0 bridgehead atoms. The average molecular weight is 395 g/mol. The second-order valence-corrected chi connectivity index (χ2v) is 8.35. The fourth-order valence-corrected chi connectivity index (χ4v) is 3.94. The molecule has 3 rings (SSSR count). The molecule has 0 aliphatic heterocycles. The van der Waals surface area contributed by atoms with E-state index in [0.717, 1.165) is 6.42 Å². The van der Waals surface area contributed by atoms with Gasteiger partial charge in [0.2, 0.25) is 0 Å². The molecule has 2 aromatic carbocycles. The van der Waals surface area contributed by atoms with Crippen molar-refractivity contribution >= 4 is 21.5 Å². The molecule has 0 amide bonds. The first kappa shape index (κ1) is 18.2. The van der Waals surface area contributed by atoms with Gasteiger partial charge in [-0.15, -0.1) is 0 Å². The Bertz CT molecular complexity index is 724. The Balaban J connectivity index is 1.64. The first-order valence-electron chi connectivity index (χ1n) is 9.44. The predicted octanol–water partition coefficient (Wildman–Crippen LogP) is 7.44. The molecule has 0 saturated carbocycles. The molecular weight excluding hydrogens is 368 g/mol. The summed E-state index contributed by atoms with van der Waals surface area (Å²) in [6, 6.07) is 19.8. The molecule has 0 spiro atoms. The molecule has 0 fully saturated rings. The van der Waals surface area contributed by atoms with Crippen LogP contribution in [0.1, 0.15) is 55.7 Å². The molecule has 130 valence electrons. The van der Waals surface area contributed by atoms with Crippen LogP contribution in [0.2, 0.25) is 0 Å². The molecule has 0 nitrogen and oxygen atoms in total. The number of halogens is 1. The van der Waals surface area contributed by atoms with Gasteiger partial charge in [-0.05, 0) is 41.5 Å². The number of hydrogen-bond donors (Lipinski definition) is 0. The van der Waals surface area contributed by atoms with E-state index in [-0.39, 0.29) is 4.32 Å². The Morgan fingerprint density at radius 2 is 1.68 bits per heavy atom. The van der Waals surface area contributed by atoms with E-state index in [2.05, 4.69) is 95.7 Å². The van der Waals surface area contributed by atoms with Gasteiger partial charge in [0.15, 0.2) is 0 Å². The number of benzene rings is 2. The number of hydrogen-bond acceptors (Lipinski definition) is 0. The fourth-order valence-electron chi connectivity index (χ4n) is 3.38. The Morgan fingerprint density at radius 1 is 0.920 bits per heavy atom. The fraction of sp³-hybridized carbons (Fsp3) is 0.333. The zero-order chi connectivity index (χ0) is 17.5. The van der Waals surface area contributed by atoms with Gasteiger partial charge < -0.3 is 0 Å². The second kappa shape index (κ2) is 8.67. The van der Waals surface area contributed by atoms with Gasteiger partial charge in [0, 0.05) is 0 Å². The molecule has 1 heteroatoms. The molecule has 0 heterocycles. The summed E-state index contributed by atoms with van der Waals surface area (Å²) in [6.45, 7) is 2.26. The van der Waals surface area contributed by atoms with Gasteiger partial charge in [-0.25, -0.2) is 0 Å². The quantitative estimate of drug-likeness (QED) is 0.337. The van der Waals surface area contributed by atoms with E-state index in [1.807, 2.05) is 0 Å². The molecule has 2 aromatic rings. The van der Waals surface area contributed by atoms with Crippen LogP contribution in [-0.2, 0) is 10.7 Å². The lowest BCUT2D eigenvalue weighted by molar-refractivity contribution is 0.666. The van der Waals surface area contributed by atoms with Gasteiger partial charge in [-0.3, -0.25) is 0 Å². The van der Waals surface area contributed by atoms with Crippen LogP contribution in [-0.4, -0.2) is 0 Å². The predicted molar refractivity (Wildman–Crippen MR) is 113 cm³/mol. The minimum atomic E-state index is -0.0774. The summed E-state index contributed by atoms with van der Waals surface area (Å²) in [6.07, 6.45) is 14.3. The smallest absolute Gasteiger partial charge is 0.0723 e. The Kier molecular flexibility index (Phi) is 6.31. The minimum absolute atomic E-state index is 0.0774. The van der Waals surface area contributed by atoms with Crippen LogP contribution in [0.5, 0.6) is 0 Å². The molecule has 1 aliphatic rings. The lowest BCUT2D eigenvalue weighted by Gasteiger charge is -2.27. The number of rotatable bonds is 7. The number of allylic oxidation sites excluding steroid dienone is 4. The Hall–Kier alpha value is -1.60. The summed E-state index contributed by atoms with van der Waals surface area (Å²) in [7, 11) is 0. The highest BCUT2D eigenvalue weighted by Crippen LogP contribution is 2.41. The summed E-state index contributed by atoms with van der Waals surface area (Å²) >= 11 is 3.97. The van der Waals surface area contributed by atoms with Crippen LogP contribution >= 0.6 is 15.9 Å². The third-order valence-electron chi connectivity index (χ3n) is 5.01. The van der Waals surface area contributed by atoms with Gasteiger partial charge in [-0.2, -0.15) is 0 Å². The van der Waals surface area contributed by atoms with Crippen molar-refractivity contribution in [3.05, 3.63) is 89.5 Å². The zero-order valence-corrected chi connectivity index (χ0v) is 16.6. The van der Waals surface area contributed by atoms with Crippen LogP contribution in [0, 0.1) is 0 Å². The lowest BCUT2D eigenvalue weighted by Crippen LogP contribution is -2.16. The first-order valence-corrected chi connectivity index (χ1v) is 10.2. The molecule has 1 unspecified atom stereocenters. The van der Waals surface area contributed by atoms with Crippen LogP contribution in [0.3, 0.4) is 0 Å². The highest BCUT2D eigenvalue weighted by Gasteiger charge is 2.27. The van der Waals surface area contributed by atoms with Crippen molar-refractivity contribution < 1.29 is 0 Å². The number of unbranched alkanes of at least 4 members (excludes halogenated alkanes) is 3. The largest absolute Gasteiger partial charge is 0.0752 e. The molecule has 0 N–H and O–H groups in total. The van der Waals surface area contributed by atoms with Crippen molar-refractivity contribution in [3.63, 3.8) is 0 Å². The van der Waals surface area contributed by atoms with Gasteiger partial charge in [-0.1, -0.05) is 115 Å². The normalized spacial score (nSPS) is 19.7. The maximum atomic E-state index is 3.97. The van der Waals surface area contributed by atoms with Crippen molar-refractivity contribution in [3.8, 4) is 0 Å². The Labute approximate surface area is 160 Å². The SMILES string of the molecule is CCCCCCc1ccc(C2(Br)C=CC(c3ccccc3)=CC2)cc1. The van der Waals surface area contributed by atoms with E-state index in [1.54, 1.807) is 0 Å². The van der Waals surface area contributed by atoms with Crippen LogP contribution in [0.15, 0.2) is 72.8 Å². The van der Waals surface area contributed by atoms with E-state index in [9.17, 15) is 0 Å². The van der Waals surface area contributed by atoms with Crippen molar-refractivity contribution in [1.82, 2.24) is 0 Å². The van der Waals surface area contributed by atoms with E-state index in [4.69, 9.17) is 0 Å². The van der Waals surface area contributed by atoms with Crippen LogP contribution in [0.25, 0.3) is 5.57 Å². The van der Waals surface area contributed by atoms with Crippen LogP contribution < -0.4 is 0 Å². The summed E-state index contributed by atoms with van der Waals surface area (Å²) in [4.78, 5) is 0. The molecule has 0 aromatic heterocycles. The highest BCUT2D eigenvalue weighted by molar-refractivity contribution is 9.09. The molecular formula is C24H27Br. The summed E-state index contributed by atoms with van der Waals surface area (Å²) in [5.41, 5.74) is 5.39. The molecule has 1 atom stereocenters. The van der Waals surface area contributed by atoms with Crippen molar-refractivity contribution in [2.75, 3.05) is 0 Å².